The summed E-state index contributed by atoms with van der Waals surface area (Å²) in [6.45, 7) is 3.19. The highest BCUT2D eigenvalue weighted by atomic mass is 15.3. The van der Waals surface area contributed by atoms with Gasteiger partial charge < -0.3 is 10.3 Å². The lowest BCUT2D eigenvalue weighted by Crippen LogP contribution is -2.23. The van der Waals surface area contributed by atoms with Gasteiger partial charge in [-0.1, -0.05) is 13.3 Å². The van der Waals surface area contributed by atoms with E-state index in [0.29, 0.717) is 0 Å². The average Bonchev–Trinajstić information content (AvgIpc) is 2.50. The topological polar surface area (TPSA) is 56.7 Å². The van der Waals surface area contributed by atoms with Gasteiger partial charge in [-0.3, -0.25) is 0 Å². The Kier molecular flexibility index (Phi) is 3.36. The Balaban J connectivity index is 2.14. The molecule has 0 saturated heterocycles. The van der Waals surface area contributed by atoms with Crippen LogP contribution in [-0.4, -0.2) is 20.8 Å². The minimum Gasteiger partial charge on any atom is -0.327 e. The lowest BCUT2D eigenvalue weighted by molar-refractivity contribution is 0.562. The Labute approximate surface area is 90.9 Å². The van der Waals surface area contributed by atoms with Gasteiger partial charge in [0.05, 0.1) is 0 Å². The van der Waals surface area contributed by atoms with Gasteiger partial charge in [0.1, 0.15) is 11.6 Å². The number of aromatic nitrogens is 3. The number of nitrogens with two attached hydrogens (primary N) is 1. The molecule has 15 heavy (non-hydrogen) atoms. The minimum atomic E-state index is 0.224. The Morgan fingerprint density at radius 2 is 2.20 bits per heavy atom. The molecule has 1 unspecified atom stereocenters. The van der Waals surface area contributed by atoms with Gasteiger partial charge in [0.15, 0.2) is 0 Å². The lowest BCUT2D eigenvalue weighted by atomic mass is 10.1. The fourth-order valence-corrected chi connectivity index (χ4v) is 2.08. The van der Waals surface area contributed by atoms with Crippen molar-refractivity contribution in [3.8, 4) is 0 Å². The van der Waals surface area contributed by atoms with Gasteiger partial charge in [0, 0.05) is 25.4 Å². The van der Waals surface area contributed by atoms with Crippen molar-refractivity contribution in [3.05, 3.63) is 11.6 Å². The first-order chi connectivity index (χ1) is 7.31. The summed E-state index contributed by atoms with van der Waals surface area (Å²) in [5.41, 5.74) is 5.96. The second kappa shape index (κ2) is 4.75. The zero-order valence-electron chi connectivity index (χ0n) is 9.45. The standard InChI is InChI=1S/C11H20N4/c1-2-9(12)8-11-14-13-10-6-4-3-5-7-15(10)11/h9H,2-8,12H2,1H3. The Bertz CT molecular complexity index is 318. The molecule has 0 bridgehead atoms. The molecule has 0 radical (unpaired) electrons. The third-order valence-corrected chi connectivity index (χ3v) is 3.16. The largest absolute Gasteiger partial charge is 0.327 e. The minimum absolute atomic E-state index is 0.224. The van der Waals surface area contributed by atoms with Crippen LogP contribution in [0.3, 0.4) is 0 Å². The summed E-state index contributed by atoms with van der Waals surface area (Å²) >= 11 is 0. The molecule has 0 amide bonds. The van der Waals surface area contributed by atoms with Crippen LogP contribution in [0.5, 0.6) is 0 Å². The predicted molar refractivity (Wildman–Crippen MR) is 59.5 cm³/mol. The van der Waals surface area contributed by atoms with Crippen molar-refractivity contribution < 1.29 is 0 Å². The maximum atomic E-state index is 5.96. The van der Waals surface area contributed by atoms with Gasteiger partial charge in [0.25, 0.3) is 0 Å². The van der Waals surface area contributed by atoms with E-state index in [2.05, 4.69) is 21.7 Å². The molecule has 1 aliphatic heterocycles. The second-order valence-electron chi connectivity index (χ2n) is 4.37. The summed E-state index contributed by atoms with van der Waals surface area (Å²) < 4.78 is 2.28. The molecule has 0 aliphatic carbocycles. The van der Waals surface area contributed by atoms with Crippen LogP contribution in [0.2, 0.25) is 0 Å². The smallest absolute Gasteiger partial charge is 0.134 e. The molecule has 2 heterocycles. The van der Waals surface area contributed by atoms with Crippen LogP contribution in [0.1, 0.15) is 44.3 Å². The van der Waals surface area contributed by atoms with Crippen molar-refractivity contribution in [1.29, 1.82) is 0 Å². The molecule has 1 atom stereocenters. The maximum absolute atomic E-state index is 5.96. The van der Waals surface area contributed by atoms with Gasteiger partial charge in [-0.05, 0) is 19.3 Å². The van der Waals surface area contributed by atoms with Crippen molar-refractivity contribution in [3.63, 3.8) is 0 Å². The first kappa shape index (κ1) is 10.6. The van der Waals surface area contributed by atoms with Crippen LogP contribution < -0.4 is 5.73 Å². The molecule has 1 aromatic rings. The lowest BCUT2D eigenvalue weighted by Gasteiger charge is -2.10. The van der Waals surface area contributed by atoms with Gasteiger partial charge in [-0.25, -0.2) is 0 Å². The molecule has 4 nitrogen and oxygen atoms in total. The molecule has 2 rings (SSSR count). The predicted octanol–water partition coefficient (Wildman–Crippen LogP) is 1.28. The molecule has 0 spiro atoms. The van der Waals surface area contributed by atoms with E-state index in [1.54, 1.807) is 0 Å². The first-order valence-corrected chi connectivity index (χ1v) is 5.97. The monoisotopic (exact) mass is 208 g/mol. The van der Waals surface area contributed by atoms with E-state index < -0.39 is 0 Å². The van der Waals surface area contributed by atoms with Crippen molar-refractivity contribution >= 4 is 0 Å². The fourth-order valence-electron chi connectivity index (χ4n) is 2.08. The highest BCUT2D eigenvalue weighted by molar-refractivity contribution is 4.99. The van der Waals surface area contributed by atoms with E-state index in [4.69, 9.17) is 5.73 Å². The van der Waals surface area contributed by atoms with E-state index in [0.717, 1.165) is 37.5 Å². The number of nitrogens with zero attached hydrogens (tertiary/aromatic N) is 3. The van der Waals surface area contributed by atoms with Gasteiger partial charge >= 0.3 is 0 Å². The summed E-state index contributed by atoms with van der Waals surface area (Å²) in [5.74, 6) is 2.24. The fraction of sp³-hybridized carbons (Fsp3) is 0.818. The van der Waals surface area contributed by atoms with E-state index in [1.807, 2.05) is 0 Å². The summed E-state index contributed by atoms with van der Waals surface area (Å²) in [6.07, 6.45) is 6.75. The average molecular weight is 208 g/mol. The molecule has 2 N–H and O–H groups in total. The Hall–Kier alpha value is -0.900. The Morgan fingerprint density at radius 3 is 3.00 bits per heavy atom. The maximum Gasteiger partial charge on any atom is 0.134 e. The van der Waals surface area contributed by atoms with Crippen molar-refractivity contribution in [2.24, 2.45) is 5.73 Å². The quantitative estimate of drug-likeness (QED) is 0.814. The molecule has 84 valence electrons. The van der Waals surface area contributed by atoms with E-state index >= 15 is 0 Å². The molecule has 0 saturated carbocycles. The van der Waals surface area contributed by atoms with Crippen molar-refractivity contribution in [2.45, 2.75) is 58.0 Å². The highest BCUT2D eigenvalue weighted by Crippen LogP contribution is 2.15. The summed E-state index contributed by atoms with van der Waals surface area (Å²) in [7, 11) is 0. The molecule has 0 fully saturated rings. The number of aryl methyl sites for hydroxylation is 1. The third-order valence-electron chi connectivity index (χ3n) is 3.16. The zero-order chi connectivity index (χ0) is 10.7. The summed E-state index contributed by atoms with van der Waals surface area (Å²) in [5, 5.41) is 8.52. The van der Waals surface area contributed by atoms with Gasteiger partial charge in [0.2, 0.25) is 0 Å². The van der Waals surface area contributed by atoms with Crippen LogP contribution in [0.25, 0.3) is 0 Å². The van der Waals surface area contributed by atoms with E-state index in [1.165, 1.54) is 19.3 Å². The summed E-state index contributed by atoms with van der Waals surface area (Å²) in [6, 6.07) is 0.224. The molecule has 4 heteroatoms. The second-order valence-corrected chi connectivity index (χ2v) is 4.37. The number of fused-ring (bicyclic) bond motifs is 1. The number of hydrogen-bond donors (Lipinski definition) is 1. The normalized spacial score (nSPS) is 18.3. The van der Waals surface area contributed by atoms with Crippen LogP contribution in [-0.2, 0) is 19.4 Å². The third kappa shape index (κ3) is 2.37. The molecular weight excluding hydrogens is 188 g/mol. The van der Waals surface area contributed by atoms with E-state index in [-0.39, 0.29) is 6.04 Å². The summed E-state index contributed by atoms with van der Waals surface area (Å²) in [4.78, 5) is 0. The molecular formula is C11H20N4. The van der Waals surface area contributed by atoms with Crippen molar-refractivity contribution in [2.75, 3.05) is 0 Å². The molecule has 1 aliphatic rings. The van der Waals surface area contributed by atoms with Crippen LogP contribution in [0.4, 0.5) is 0 Å². The van der Waals surface area contributed by atoms with Crippen LogP contribution in [0.15, 0.2) is 0 Å². The highest BCUT2D eigenvalue weighted by Gasteiger charge is 2.15. The van der Waals surface area contributed by atoms with Crippen LogP contribution >= 0.6 is 0 Å². The van der Waals surface area contributed by atoms with E-state index in [9.17, 15) is 0 Å². The van der Waals surface area contributed by atoms with Gasteiger partial charge in [-0.2, -0.15) is 0 Å². The van der Waals surface area contributed by atoms with Gasteiger partial charge in [-0.15, -0.1) is 10.2 Å². The molecule has 1 aromatic heterocycles. The molecule has 0 aromatic carbocycles. The zero-order valence-corrected chi connectivity index (χ0v) is 9.45. The Morgan fingerprint density at radius 1 is 1.33 bits per heavy atom. The number of hydrogen-bond acceptors (Lipinski definition) is 3. The van der Waals surface area contributed by atoms with Crippen LogP contribution in [0, 0.1) is 0 Å². The van der Waals surface area contributed by atoms with Crippen molar-refractivity contribution in [1.82, 2.24) is 14.8 Å². The first-order valence-electron chi connectivity index (χ1n) is 5.97. The number of rotatable bonds is 3. The SMILES string of the molecule is CCC(N)Cc1nnc2n1CCCCC2.